The predicted octanol–water partition coefficient (Wildman–Crippen LogP) is 1.92. The Morgan fingerprint density at radius 3 is 2.68 bits per heavy atom. The molecule has 1 saturated heterocycles. The molecule has 0 radical (unpaired) electrons. The summed E-state index contributed by atoms with van der Waals surface area (Å²) >= 11 is 0. The molecule has 1 aliphatic heterocycles. The smallest absolute Gasteiger partial charge is 0.282 e. The first-order valence-electron chi connectivity index (χ1n) is 9.40. The molecule has 2 aromatic carbocycles. The van der Waals surface area contributed by atoms with Crippen molar-refractivity contribution in [3.63, 3.8) is 0 Å². The molecular weight excluding hydrogens is 376 g/mol. The summed E-state index contributed by atoms with van der Waals surface area (Å²) in [6, 6.07) is 14.1. The summed E-state index contributed by atoms with van der Waals surface area (Å²) in [5.41, 5.74) is 0.852. The van der Waals surface area contributed by atoms with Crippen molar-refractivity contribution in [2.75, 3.05) is 19.3 Å². The second-order valence-electron chi connectivity index (χ2n) is 7.46. The van der Waals surface area contributed by atoms with E-state index < -0.39 is 10.0 Å². The van der Waals surface area contributed by atoms with Crippen LogP contribution >= 0.6 is 0 Å². The summed E-state index contributed by atoms with van der Waals surface area (Å²) in [7, 11) is -1.53. The topological polar surface area (TPSA) is 77.2 Å². The number of benzene rings is 2. The van der Waals surface area contributed by atoms with Gasteiger partial charge in [0.05, 0.1) is 12.8 Å². The molecule has 7 nitrogen and oxygen atoms in total. The van der Waals surface area contributed by atoms with Crippen LogP contribution in [0.4, 0.5) is 0 Å². The Balaban J connectivity index is 1.67. The molecule has 148 valence electrons. The van der Waals surface area contributed by atoms with E-state index in [1.54, 1.807) is 11.6 Å². The van der Waals surface area contributed by atoms with Crippen LogP contribution in [0.15, 0.2) is 47.3 Å². The van der Waals surface area contributed by atoms with Gasteiger partial charge in [-0.3, -0.25) is 4.57 Å². The lowest BCUT2D eigenvalue weighted by Gasteiger charge is -2.30. The molecular formula is C20H24N4O3S. The highest BCUT2D eigenvalue weighted by Gasteiger charge is 2.30. The van der Waals surface area contributed by atoms with Crippen LogP contribution in [0.25, 0.3) is 10.8 Å². The molecule has 0 spiro atoms. The number of sulfonamides is 1. The molecule has 0 saturated carbocycles. The van der Waals surface area contributed by atoms with Crippen molar-refractivity contribution in [3.05, 3.63) is 64.3 Å². The number of hydrogen-bond donors (Lipinski definition) is 0. The SMILES string of the molecule is Cn1c([C@@H]2CCCN(S(C)(=O)=O)C2)nn(Cc2cccc3ccccc23)c1=O. The van der Waals surface area contributed by atoms with Gasteiger partial charge in [-0.25, -0.2) is 22.2 Å². The molecule has 2 heterocycles. The minimum absolute atomic E-state index is 0.0741. The molecule has 1 aliphatic rings. The molecule has 0 amide bonds. The molecule has 1 aromatic heterocycles. The van der Waals surface area contributed by atoms with Gasteiger partial charge in [-0.15, -0.1) is 0 Å². The molecule has 3 aromatic rings. The fraction of sp³-hybridized carbons (Fsp3) is 0.400. The molecule has 0 bridgehead atoms. The Bertz CT molecular complexity index is 1170. The van der Waals surface area contributed by atoms with Crippen LogP contribution in [-0.2, 0) is 23.6 Å². The van der Waals surface area contributed by atoms with Crippen LogP contribution in [0.1, 0.15) is 30.1 Å². The highest BCUT2D eigenvalue weighted by molar-refractivity contribution is 7.88. The third-order valence-corrected chi connectivity index (χ3v) is 6.76. The van der Waals surface area contributed by atoms with E-state index in [0.29, 0.717) is 25.5 Å². The van der Waals surface area contributed by atoms with E-state index in [0.717, 1.165) is 29.2 Å². The largest absolute Gasteiger partial charge is 0.345 e. The van der Waals surface area contributed by atoms with E-state index in [1.165, 1.54) is 15.2 Å². The van der Waals surface area contributed by atoms with Gasteiger partial charge in [0.1, 0.15) is 5.82 Å². The monoisotopic (exact) mass is 400 g/mol. The Hall–Kier alpha value is -2.45. The minimum atomic E-state index is -3.24. The maximum absolute atomic E-state index is 12.8. The van der Waals surface area contributed by atoms with Crippen LogP contribution in [0, 0.1) is 0 Å². The zero-order valence-corrected chi connectivity index (χ0v) is 16.9. The van der Waals surface area contributed by atoms with Crippen LogP contribution in [0.5, 0.6) is 0 Å². The fourth-order valence-corrected chi connectivity index (χ4v) is 4.92. The fourth-order valence-electron chi connectivity index (χ4n) is 4.01. The lowest BCUT2D eigenvalue weighted by Crippen LogP contribution is -2.39. The average Bonchev–Trinajstić information content (AvgIpc) is 2.96. The molecule has 0 N–H and O–H groups in total. The van der Waals surface area contributed by atoms with Gasteiger partial charge in [-0.1, -0.05) is 42.5 Å². The molecule has 0 aliphatic carbocycles. The lowest BCUT2D eigenvalue weighted by atomic mass is 9.99. The van der Waals surface area contributed by atoms with Gasteiger partial charge in [0.2, 0.25) is 10.0 Å². The Morgan fingerprint density at radius 1 is 1.14 bits per heavy atom. The van der Waals surface area contributed by atoms with Crippen molar-refractivity contribution in [3.8, 4) is 0 Å². The summed E-state index contributed by atoms with van der Waals surface area (Å²) in [5, 5.41) is 6.82. The molecule has 0 unspecified atom stereocenters. The van der Waals surface area contributed by atoms with Gasteiger partial charge in [0.25, 0.3) is 0 Å². The number of rotatable bonds is 4. The van der Waals surface area contributed by atoms with E-state index in [9.17, 15) is 13.2 Å². The molecule has 28 heavy (non-hydrogen) atoms. The molecule has 4 rings (SSSR count). The van der Waals surface area contributed by atoms with Crippen molar-refractivity contribution in [1.29, 1.82) is 0 Å². The Morgan fingerprint density at radius 2 is 1.89 bits per heavy atom. The minimum Gasteiger partial charge on any atom is -0.282 e. The first kappa shape index (κ1) is 18.9. The van der Waals surface area contributed by atoms with Crippen LogP contribution in [0.2, 0.25) is 0 Å². The van der Waals surface area contributed by atoms with Gasteiger partial charge in [0, 0.05) is 26.1 Å². The van der Waals surface area contributed by atoms with E-state index in [2.05, 4.69) is 5.10 Å². The van der Waals surface area contributed by atoms with Crippen LogP contribution < -0.4 is 5.69 Å². The first-order chi connectivity index (χ1) is 13.3. The summed E-state index contributed by atoms with van der Waals surface area (Å²) in [5.74, 6) is 0.577. The van der Waals surface area contributed by atoms with E-state index in [4.69, 9.17) is 0 Å². The first-order valence-corrected chi connectivity index (χ1v) is 11.2. The summed E-state index contributed by atoms with van der Waals surface area (Å²) < 4.78 is 28.4. The van der Waals surface area contributed by atoms with Gasteiger partial charge in [-0.05, 0) is 29.2 Å². The van der Waals surface area contributed by atoms with Crippen molar-refractivity contribution in [2.24, 2.45) is 7.05 Å². The number of aromatic nitrogens is 3. The van der Waals surface area contributed by atoms with Crippen LogP contribution in [0.3, 0.4) is 0 Å². The van der Waals surface area contributed by atoms with Gasteiger partial charge in [0.15, 0.2) is 0 Å². The zero-order chi connectivity index (χ0) is 19.9. The standard InChI is InChI=1S/C20H24N4O3S/c1-22-19(17-10-6-12-23(13-17)28(2,26)27)21-24(20(22)25)14-16-9-5-8-15-7-3-4-11-18(15)16/h3-5,7-9,11,17H,6,10,12-14H2,1-2H3/t17-/m1/s1. The van der Waals surface area contributed by atoms with E-state index >= 15 is 0 Å². The lowest BCUT2D eigenvalue weighted by molar-refractivity contribution is 0.307. The quantitative estimate of drug-likeness (QED) is 0.670. The zero-order valence-electron chi connectivity index (χ0n) is 16.1. The summed E-state index contributed by atoms with van der Waals surface area (Å²) in [6.07, 6.45) is 2.82. The van der Waals surface area contributed by atoms with Crippen LogP contribution in [-0.4, -0.2) is 46.4 Å². The number of nitrogens with zero attached hydrogens (tertiary/aromatic N) is 4. The van der Waals surface area contributed by atoms with Gasteiger partial charge in [-0.2, -0.15) is 5.10 Å². The maximum Gasteiger partial charge on any atom is 0.345 e. The number of hydrogen-bond acceptors (Lipinski definition) is 4. The van der Waals surface area contributed by atoms with Crippen molar-refractivity contribution >= 4 is 20.8 Å². The summed E-state index contributed by atoms with van der Waals surface area (Å²) in [4.78, 5) is 12.8. The number of fused-ring (bicyclic) bond motifs is 1. The number of piperidine rings is 1. The van der Waals surface area contributed by atoms with Gasteiger partial charge >= 0.3 is 5.69 Å². The molecule has 1 fully saturated rings. The second-order valence-corrected chi connectivity index (χ2v) is 9.44. The van der Waals surface area contributed by atoms with E-state index in [1.807, 2.05) is 42.5 Å². The Kier molecular flexibility index (Phi) is 4.84. The van der Waals surface area contributed by atoms with Crippen molar-refractivity contribution in [1.82, 2.24) is 18.7 Å². The Labute approximate surface area is 164 Å². The second kappa shape index (κ2) is 7.18. The molecule has 1 atom stereocenters. The van der Waals surface area contributed by atoms with Gasteiger partial charge < -0.3 is 0 Å². The normalized spacial score (nSPS) is 18.6. The van der Waals surface area contributed by atoms with Crippen molar-refractivity contribution < 1.29 is 8.42 Å². The average molecular weight is 401 g/mol. The van der Waals surface area contributed by atoms with E-state index in [-0.39, 0.29) is 11.6 Å². The van der Waals surface area contributed by atoms with Crippen molar-refractivity contribution in [2.45, 2.75) is 25.3 Å². The summed E-state index contributed by atoms with van der Waals surface area (Å²) in [6.45, 7) is 1.29. The predicted molar refractivity (Wildman–Crippen MR) is 109 cm³/mol. The maximum atomic E-state index is 12.8. The third-order valence-electron chi connectivity index (χ3n) is 5.49. The highest BCUT2D eigenvalue weighted by atomic mass is 32.2. The third kappa shape index (κ3) is 3.49. The molecule has 8 heteroatoms. The highest BCUT2D eigenvalue weighted by Crippen LogP contribution is 2.26.